The Bertz CT molecular complexity index is 548. The fourth-order valence-electron chi connectivity index (χ4n) is 1.94. The molecule has 0 aliphatic heterocycles. The van der Waals surface area contributed by atoms with Crippen molar-refractivity contribution in [3.05, 3.63) is 20.8 Å². The minimum Gasteiger partial charge on any atom is -0.383 e. The van der Waals surface area contributed by atoms with Crippen LogP contribution in [0.1, 0.15) is 27.2 Å². The van der Waals surface area contributed by atoms with Gasteiger partial charge in [0.05, 0.1) is 6.61 Å². The van der Waals surface area contributed by atoms with Crippen molar-refractivity contribution in [3.8, 4) is 0 Å². The van der Waals surface area contributed by atoms with Crippen molar-refractivity contribution in [2.24, 2.45) is 5.92 Å². The molecule has 1 aromatic heterocycles. The summed E-state index contributed by atoms with van der Waals surface area (Å²) in [7, 11) is 1.59. The molecular formula is C13H24N4O3. The van der Waals surface area contributed by atoms with E-state index in [4.69, 9.17) is 10.5 Å². The van der Waals surface area contributed by atoms with Gasteiger partial charge in [-0.2, -0.15) is 0 Å². The Hall–Kier alpha value is -1.76. The summed E-state index contributed by atoms with van der Waals surface area (Å²) in [5, 5.41) is 3.05. The van der Waals surface area contributed by atoms with Crippen LogP contribution in [0.2, 0.25) is 0 Å². The van der Waals surface area contributed by atoms with E-state index >= 15 is 0 Å². The summed E-state index contributed by atoms with van der Waals surface area (Å²) in [5.41, 5.74) is 5.22. The molecule has 0 saturated carbocycles. The van der Waals surface area contributed by atoms with Gasteiger partial charge in [-0.25, -0.2) is 4.79 Å². The highest BCUT2D eigenvalue weighted by molar-refractivity contribution is 5.60. The minimum atomic E-state index is -0.498. The summed E-state index contributed by atoms with van der Waals surface area (Å²) in [5.74, 6) is 0.414. The molecule has 7 nitrogen and oxygen atoms in total. The lowest BCUT2D eigenvalue weighted by molar-refractivity contribution is 0.184. The smallest absolute Gasteiger partial charge is 0.330 e. The van der Waals surface area contributed by atoms with Crippen LogP contribution in [0.3, 0.4) is 0 Å². The zero-order valence-electron chi connectivity index (χ0n) is 12.5. The molecule has 114 valence electrons. The van der Waals surface area contributed by atoms with Gasteiger partial charge in [0.1, 0.15) is 11.5 Å². The maximum absolute atomic E-state index is 11.9. The monoisotopic (exact) mass is 284 g/mol. The van der Waals surface area contributed by atoms with Crippen LogP contribution in [0.5, 0.6) is 0 Å². The number of aromatic nitrogens is 2. The number of ether oxygens (including phenoxy) is 1. The Labute approximate surface area is 118 Å². The van der Waals surface area contributed by atoms with Gasteiger partial charge in [-0.15, -0.1) is 0 Å². The maximum atomic E-state index is 11.9. The minimum absolute atomic E-state index is 0.0339. The SMILES string of the molecule is CCC(COC)Nc1c(N)n(CC(C)C)c(=O)[nH]c1=O. The molecule has 0 fully saturated rings. The van der Waals surface area contributed by atoms with Crippen LogP contribution >= 0.6 is 0 Å². The Balaban J connectivity index is 3.19. The van der Waals surface area contributed by atoms with Gasteiger partial charge in [-0.3, -0.25) is 14.3 Å². The predicted molar refractivity (Wildman–Crippen MR) is 80.2 cm³/mol. The van der Waals surface area contributed by atoms with Crippen molar-refractivity contribution in [2.45, 2.75) is 39.8 Å². The standard InChI is InChI=1S/C13H24N4O3/c1-5-9(7-20-4)15-10-11(14)17(6-8(2)3)13(19)16-12(10)18/h8-9,15H,5-7,14H2,1-4H3,(H,16,18,19). The molecular weight excluding hydrogens is 260 g/mol. The molecule has 0 aromatic carbocycles. The molecule has 1 heterocycles. The van der Waals surface area contributed by atoms with Crippen LogP contribution in [-0.4, -0.2) is 29.3 Å². The largest absolute Gasteiger partial charge is 0.383 e. The molecule has 0 amide bonds. The Morgan fingerprint density at radius 1 is 1.40 bits per heavy atom. The number of hydrogen-bond acceptors (Lipinski definition) is 5. The molecule has 1 atom stereocenters. The molecule has 1 aromatic rings. The summed E-state index contributed by atoms with van der Waals surface area (Å²) in [6.45, 7) is 6.84. The first-order chi connectivity index (χ1) is 9.40. The Kier molecular flexibility index (Phi) is 5.82. The summed E-state index contributed by atoms with van der Waals surface area (Å²) < 4.78 is 6.46. The van der Waals surface area contributed by atoms with Gasteiger partial charge in [0.25, 0.3) is 5.56 Å². The zero-order chi connectivity index (χ0) is 15.3. The molecule has 7 heteroatoms. The molecule has 0 bridgehead atoms. The number of rotatable bonds is 7. The van der Waals surface area contributed by atoms with Crippen molar-refractivity contribution in [2.75, 3.05) is 24.8 Å². The second-order valence-electron chi connectivity index (χ2n) is 5.23. The third-order valence-corrected chi connectivity index (χ3v) is 3.00. The van der Waals surface area contributed by atoms with Crippen LogP contribution in [0.15, 0.2) is 9.59 Å². The van der Waals surface area contributed by atoms with Gasteiger partial charge in [-0.05, 0) is 12.3 Å². The number of methoxy groups -OCH3 is 1. The average molecular weight is 284 g/mol. The number of nitrogen functional groups attached to an aromatic ring is 1. The van der Waals surface area contributed by atoms with E-state index in [0.29, 0.717) is 13.2 Å². The second-order valence-corrected chi connectivity index (χ2v) is 5.23. The highest BCUT2D eigenvalue weighted by Gasteiger charge is 2.16. The number of aromatic amines is 1. The quantitative estimate of drug-likeness (QED) is 0.681. The fraction of sp³-hybridized carbons (Fsp3) is 0.692. The van der Waals surface area contributed by atoms with E-state index in [1.807, 2.05) is 20.8 Å². The fourth-order valence-corrected chi connectivity index (χ4v) is 1.94. The zero-order valence-corrected chi connectivity index (χ0v) is 12.5. The van der Waals surface area contributed by atoms with Crippen LogP contribution in [0.4, 0.5) is 11.5 Å². The summed E-state index contributed by atoms with van der Waals surface area (Å²) in [6, 6.07) is -0.0339. The predicted octanol–water partition coefficient (Wildman–Crippen LogP) is 0.612. The molecule has 0 radical (unpaired) electrons. The molecule has 1 unspecified atom stereocenters. The summed E-state index contributed by atoms with van der Waals surface area (Å²) in [6.07, 6.45) is 0.774. The third kappa shape index (κ3) is 3.86. The van der Waals surface area contributed by atoms with E-state index in [1.165, 1.54) is 4.57 Å². The van der Waals surface area contributed by atoms with Crippen molar-refractivity contribution in [1.29, 1.82) is 0 Å². The Morgan fingerprint density at radius 3 is 2.55 bits per heavy atom. The lowest BCUT2D eigenvalue weighted by Crippen LogP contribution is -2.37. The molecule has 0 saturated heterocycles. The van der Waals surface area contributed by atoms with E-state index in [2.05, 4.69) is 10.3 Å². The topological polar surface area (TPSA) is 102 Å². The van der Waals surface area contributed by atoms with Gasteiger partial charge >= 0.3 is 5.69 Å². The van der Waals surface area contributed by atoms with Crippen molar-refractivity contribution in [1.82, 2.24) is 9.55 Å². The number of anilines is 2. The third-order valence-electron chi connectivity index (χ3n) is 3.00. The molecule has 0 spiro atoms. The molecule has 0 aliphatic rings. The van der Waals surface area contributed by atoms with Crippen molar-refractivity contribution < 1.29 is 4.74 Å². The first kappa shape index (κ1) is 16.3. The summed E-state index contributed by atoms with van der Waals surface area (Å²) in [4.78, 5) is 26.0. The van der Waals surface area contributed by atoms with Gasteiger partial charge in [0.15, 0.2) is 0 Å². The normalized spacial score (nSPS) is 12.7. The molecule has 20 heavy (non-hydrogen) atoms. The molecule has 0 aliphatic carbocycles. The molecule has 1 rings (SSSR count). The van der Waals surface area contributed by atoms with Gasteiger partial charge < -0.3 is 15.8 Å². The number of H-pyrrole nitrogens is 1. The van der Waals surface area contributed by atoms with E-state index in [0.717, 1.165) is 6.42 Å². The van der Waals surface area contributed by atoms with Crippen molar-refractivity contribution >= 4 is 11.5 Å². The number of hydrogen-bond donors (Lipinski definition) is 3. The van der Waals surface area contributed by atoms with Crippen LogP contribution in [-0.2, 0) is 11.3 Å². The number of nitrogens with two attached hydrogens (primary N) is 1. The van der Waals surface area contributed by atoms with Gasteiger partial charge in [-0.1, -0.05) is 20.8 Å². The number of nitrogens with one attached hydrogen (secondary N) is 2. The average Bonchev–Trinajstić information content (AvgIpc) is 2.37. The maximum Gasteiger partial charge on any atom is 0.330 e. The van der Waals surface area contributed by atoms with E-state index in [1.54, 1.807) is 7.11 Å². The second kappa shape index (κ2) is 7.14. The van der Waals surface area contributed by atoms with Crippen LogP contribution in [0, 0.1) is 5.92 Å². The van der Waals surface area contributed by atoms with Crippen molar-refractivity contribution in [3.63, 3.8) is 0 Å². The van der Waals surface area contributed by atoms with Crippen LogP contribution in [0.25, 0.3) is 0 Å². The lowest BCUT2D eigenvalue weighted by atomic mass is 10.2. The van der Waals surface area contributed by atoms with Gasteiger partial charge in [0, 0.05) is 19.7 Å². The first-order valence-electron chi connectivity index (χ1n) is 6.78. The van der Waals surface area contributed by atoms with Gasteiger partial charge in [0.2, 0.25) is 0 Å². The lowest BCUT2D eigenvalue weighted by Gasteiger charge is -2.20. The van der Waals surface area contributed by atoms with E-state index < -0.39 is 11.2 Å². The Morgan fingerprint density at radius 2 is 2.05 bits per heavy atom. The highest BCUT2D eigenvalue weighted by Crippen LogP contribution is 2.14. The van der Waals surface area contributed by atoms with E-state index in [-0.39, 0.29) is 23.5 Å². The van der Waals surface area contributed by atoms with Crippen LogP contribution < -0.4 is 22.3 Å². The van der Waals surface area contributed by atoms with E-state index in [9.17, 15) is 9.59 Å². The number of nitrogens with zero attached hydrogens (tertiary/aromatic N) is 1. The highest BCUT2D eigenvalue weighted by atomic mass is 16.5. The summed E-state index contributed by atoms with van der Waals surface area (Å²) >= 11 is 0. The molecule has 4 N–H and O–H groups in total. The first-order valence-corrected chi connectivity index (χ1v) is 6.78.